The molecule has 0 aliphatic rings. The van der Waals surface area contributed by atoms with Crippen molar-refractivity contribution in [2.45, 2.75) is 13.8 Å². The minimum absolute atomic E-state index is 0.196. The Bertz CT molecular complexity index is 236. The molecule has 0 atom stereocenters. The number of hydrogen-bond acceptors (Lipinski definition) is 4. The first-order chi connectivity index (χ1) is 6.45. The van der Waals surface area contributed by atoms with Crippen LogP contribution in [-0.4, -0.2) is 41.2 Å². The van der Waals surface area contributed by atoms with E-state index in [0.29, 0.717) is 5.20 Å². The van der Waals surface area contributed by atoms with Gasteiger partial charge in [-0.2, -0.15) is 0 Å². The Morgan fingerprint density at radius 2 is 1.43 bits per heavy atom. The molecule has 0 aliphatic heterocycles. The lowest BCUT2D eigenvalue weighted by Gasteiger charge is -2.25. The number of hydrogen-bond donors (Lipinski definition) is 1. The zero-order chi connectivity index (χ0) is 11.4. The maximum atomic E-state index is 10.7. The van der Waals surface area contributed by atoms with Crippen LogP contribution in [0.15, 0.2) is 10.8 Å². The largest absolute Gasteiger partial charge is 0.532 e. The van der Waals surface area contributed by atoms with Gasteiger partial charge in [-0.1, -0.05) is 0 Å². The molecule has 1 N–H and O–H groups in total. The Labute approximate surface area is 84.7 Å². The molecule has 0 saturated carbocycles. The molecule has 0 aliphatic carbocycles. The zero-order valence-electron chi connectivity index (χ0n) is 9.08. The van der Waals surface area contributed by atoms with Crippen LogP contribution in [0, 0.1) is 0 Å². The summed E-state index contributed by atoms with van der Waals surface area (Å²) in [6, 6.07) is 0. The highest BCUT2D eigenvalue weighted by molar-refractivity contribution is 6.69. The fourth-order valence-electron chi connectivity index (χ4n) is 1.10. The molecule has 0 saturated heterocycles. The van der Waals surface area contributed by atoms with E-state index in [1.807, 2.05) is 0 Å². The summed E-state index contributed by atoms with van der Waals surface area (Å²) in [5.74, 6) is -0.995. The van der Waals surface area contributed by atoms with Gasteiger partial charge in [0.25, 0.3) is 0 Å². The molecule has 0 aromatic rings. The fourth-order valence-corrected chi connectivity index (χ4v) is 3.08. The summed E-state index contributed by atoms with van der Waals surface area (Å²) in [4.78, 5) is 10.7. The molecular formula is C8H16O5Si. The lowest BCUT2D eigenvalue weighted by molar-refractivity contribution is -0.132. The van der Waals surface area contributed by atoms with Crippen molar-refractivity contribution in [1.82, 2.24) is 0 Å². The second kappa shape index (κ2) is 5.25. The van der Waals surface area contributed by atoms with Crippen LogP contribution in [0.3, 0.4) is 0 Å². The van der Waals surface area contributed by atoms with Crippen LogP contribution in [0.2, 0.25) is 0 Å². The Kier molecular flexibility index (Phi) is 4.99. The van der Waals surface area contributed by atoms with E-state index in [0.717, 1.165) is 0 Å². The van der Waals surface area contributed by atoms with Crippen LogP contribution in [0.5, 0.6) is 0 Å². The predicted molar refractivity (Wildman–Crippen MR) is 52.8 cm³/mol. The van der Waals surface area contributed by atoms with E-state index in [2.05, 4.69) is 0 Å². The van der Waals surface area contributed by atoms with Gasteiger partial charge in [0, 0.05) is 32.1 Å². The number of carboxylic acid groups (broad SMARTS) is 1. The van der Waals surface area contributed by atoms with E-state index in [9.17, 15) is 4.79 Å². The van der Waals surface area contributed by atoms with Crippen LogP contribution in [0.25, 0.3) is 0 Å². The average molecular weight is 220 g/mol. The number of aliphatic carboxylic acids is 1. The third-order valence-corrected chi connectivity index (χ3v) is 5.05. The molecule has 0 spiro atoms. The quantitative estimate of drug-likeness (QED) is 0.549. The summed E-state index contributed by atoms with van der Waals surface area (Å²) in [5, 5.41) is 9.31. The van der Waals surface area contributed by atoms with Crippen molar-refractivity contribution in [3.63, 3.8) is 0 Å². The maximum absolute atomic E-state index is 10.7. The Morgan fingerprint density at radius 1 is 1.07 bits per heavy atom. The van der Waals surface area contributed by atoms with Crippen molar-refractivity contribution < 1.29 is 23.2 Å². The second-order valence-corrected chi connectivity index (χ2v) is 5.81. The highest BCUT2D eigenvalue weighted by Crippen LogP contribution is 2.20. The summed E-state index contributed by atoms with van der Waals surface area (Å²) in [6.45, 7) is 3.14. The van der Waals surface area contributed by atoms with E-state index in [4.69, 9.17) is 18.4 Å². The lowest BCUT2D eigenvalue weighted by Crippen LogP contribution is -2.45. The van der Waals surface area contributed by atoms with Gasteiger partial charge in [-0.05, 0) is 13.8 Å². The third kappa shape index (κ3) is 2.41. The van der Waals surface area contributed by atoms with E-state index in [1.165, 1.54) is 28.3 Å². The number of rotatable bonds is 5. The van der Waals surface area contributed by atoms with Gasteiger partial charge in [-0.15, -0.1) is 0 Å². The molecule has 14 heavy (non-hydrogen) atoms. The Balaban J connectivity index is 5.22. The normalized spacial score (nSPS) is 13.8. The van der Waals surface area contributed by atoms with Crippen LogP contribution >= 0.6 is 0 Å². The SMILES string of the molecule is CO[Si](OC)(OC)C(C)=C(C)C(=O)O. The monoisotopic (exact) mass is 220 g/mol. The van der Waals surface area contributed by atoms with Crippen molar-refractivity contribution in [3.8, 4) is 0 Å². The number of allylic oxidation sites excluding steroid dienone is 1. The van der Waals surface area contributed by atoms with Crippen molar-refractivity contribution in [3.05, 3.63) is 10.8 Å². The van der Waals surface area contributed by atoms with E-state index in [1.54, 1.807) is 6.92 Å². The van der Waals surface area contributed by atoms with E-state index in [-0.39, 0.29) is 5.57 Å². The first-order valence-electron chi connectivity index (χ1n) is 4.01. The molecule has 0 heterocycles. The summed E-state index contributed by atoms with van der Waals surface area (Å²) in [6.07, 6.45) is 0. The number of carbonyl (C=O) groups is 1. The maximum Gasteiger partial charge on any atom is 0.532 e. The van der Waals surface area contributed by atoms with Gasteiger partial charge < -0.3 is 18.4 Å². The second-order valence-electron chi connectivity index (χ2n) is 2.72. The van der Waals surface area contributed by atoms with Crippen LogP contribution in [0.1, 0.15) is 13.8 Å². The van der Waals surface area contributed by atoms with Crippen LogP contribution in [0.4, 0.5) is 0 Å². The van der Waals surface area contributed by atoms with Gasteiger partial charge in [0.1, 0.15) is 0 Å². The van der Waals surface area contributed by atoms with E-state index >= 15 is 0 Å². The average Bonchev–Trinajstić information content (AvgIpc) is 2.19. The molecule has 5 nitrogen and oxygen atoms in total. The molecule has 6 heteroatoms. The summed E-state index contributed by atoms with van der Waals surface area (Å²) in [5.41, 5.74) is 0.196. The minimum Gasteiger partial charge on any atom is -0.478 e. The molecule has 82 valence electrons. The highest BCUT2D eigenvalue weighted by atomic mass is 28.4. The van der Waals surface area contributed by atoms with Gasteiger partial charge in [-0.3, -0.25) is 0 Å². The van der Waals surface area contributed by atoms with Gasteiger partial charge in [0.05, 0.1) is 0 Å². The molecular weight excluding hydrogens is 204 g/mol. The molecule has 0 amide bonds. The first kappa shape index (κ1) is 13.3. The van der Waals surface area contributed by atoms with Crippen molar-refractivity contribution >= 4 is 14.8 Å². The summed E-state index contributed by atoms with van der Waals surface area (Å²) in [7, 11) is 1.38. The zero-order valence-corrected chi connectivity index (χ0v) is 10.1. The first-order valence-corrected chi connectivity index (χ1v) is 5.74. The third-order valence-electron chi connectivity index (χ3n) is 2.15. The van der Waals surface area contributed by atoms with Gasteiger partial charge in [0.15, 0.2) is 0 Å². The van der Waals surface area contributed by atoms with Crippen LogP contribution < -0.4 is 0 Å². The molecule has 0 bridgehead atoms. The predicted octanol–water partition coefficient (Wildman–Crippen LogP) is 0.825. The van der Waals surface area contributed by atoms with Crippen molar-refractivity contribution in [1.29, 1.82) is 0 Å². The van der Waals surface area contributed by atoms with Gasteiger partial charge >= 0.3 is 14.8 Å². The minimum atomic E-state index is -2.95. The Morgan fingerprint density at radius 3 is 1.64 bits per heavy atom. The molecule has 0 fully saturated rings. The van der Waals surface area contributed by atoms with Crippen molar-refractivity contribution in [2.24, 2.45) is 0 Å². The molecule has 0 rings (SSSR count). The molecule has 0 radical (unpaired) electrons. The van der Waals surface area contributed by atoms with Gasteiger partial charge in [0.2, 0.25) is 0 Å². The Hall–Kier alpha value is -0.693. The lowest BCUT2D eigenvalue weighted by atomic mass is 10.3. The summed E-state index contributed by atoms with van der Waals surface area (Å²) >= 11 is 0. The summed E-state index contributed by atoms with van der Waals surface area (Å²) < 4.78 is 15.4. The smallest absolute Gasteiger partial charge is 0.478 e. The van der Waals surface area contributed by atoms with Crippen LogP contribution in [-0.2, 0) is 18.1 Å². The standard InChI is InChI=1S/C8H16O5Si/c1-6(8(9)10)7(2)14(11-3,12-4)13-5/h1-5H3,(H,9,10). The molecule has 0 aromatic carbocycles. The van der Waals surface area contributed by atoms with Gasteiger partial charge in [-0.25, -0.2) is 4.79 Å². The topological polar surface area (TPSA) is 65.0 Å². The highest BCUT2D eigenvalue weighted by Gasteiger charge is 2.42. The number of carboxylic acids is 1. The molecule has 0 aromatic heterocycles. The molecule has 0 unspecified atom stereocenters. The fraction of sp³-hybridized carbons (Fsp3) is 0.625. The van der Waals surface area contributed by atoms with Crippen molar-refractivity contribution in [2.75, 3.05) is 21.3 Å². The van der Waals surface area contributed by atoms with E-state index < -0.39 is 14.8 Å².